The topological polar surface area (TPSA) is 56.7 Å². The van der Waals surface area contributed by atoms with Crippen molar-refractivity contribution in [3.63, 3.8) is 0 Å². The fourth-order valence-electron chi connectivity index (χ4n) is 2.75. The first kappa shape index (κ1) is 11.6. The molecular formula is C12H22N4. The molecule has 1 fully saturated rings. The van der Waals surface area contributed by atoms with Crippen LogP contribution in [0.25, 0.3) is 0 Å². The van der Waals surface area contributed by atoms with Crippen molar-refractivity contribution in [2.24, 2.45) is 11.7 Å². The normalized spacial score (nSPS) is 25.9. The molecule has 0 bridgehead atoms. The van der Waals surface area contributed by atoms with Gasteiger partial charge in [0.05, 0.1) is 11.7 Å². The van der Waals surface area contributed by atoms with Gasteiger partial charge in [-0.2, -0.15) is 0 Å². The van der Waals surface area contributed by atoms with Gasteiger partial charge in [0.15, 0.2) is 0 Å². The van der Waals surface area contributed by atoms with Gasteiger partial charge in [-0.15, -0.1) is 5.10 Å². The largest absolute Gasteiger partial charge is 0.330 e. The molecule has 0 aliphatic heterocycles. The summed E-state index contributed by atoms with van der Waals surface area (Å²) in [6.07, 6.45) is 9.47. The first-order chi connectivity index (χ1) is 7.85. The third-order valence-electron chi connectivity index (χ3n) is 3.69. The Morgan fingerprint density at radius 1 is 1.44 bits per heavy atom. The number of hydrogen-bond acceptors (Lipinski definition) is 3. The molecule has 1 aromatic heterocycles. The average Bonchev–Trinajstić information content (AvgIpc) is 2.78. The molecule has 4 nitrogen and oxygen atoms in total. The summed E-state index contributed by atoms with van der Waals surface area (Å²) < 4.78 is 2.08. The summed E-state index contributed by atoms with van der Waals surface area (Å²) in [7, 11) is 0. The third kappa shape index (κ3) is 2.43. The van der Waals surface area contributed by atoms with Crippen molar-refractivity contribution in [1.29, 1.82) is 0 Å². The van der Waals surface area contributed by atoms with Crippen LogP contribution in [0.15, 0.2) is 6.20 Å². The highest BCUT2D eigenvalue weighted by atomic mass is 15.4. The SMILES string of the molecule is CCC1CCCCC1n1cc(CCN)nn1. The minimum Gasteiger partial charge on any atom is -0.330 e. The first-order valence-corrected chi connectivity index (χ1v) is 6.46. The predicted octanol–water partition coefficient (Wildman–Crippen LogP) is 1.92. The molecule has 16 heavy (non-hydrogen) atoms. The Labute approximate surface area is 97.2 Å². The lowest BCUT2D eigenvalue weighted by atomic mass is 9.83. The number of nitrogens with zero attached hydrogens (tertiary/aromatic N) is 3. The van der Waals surface area contributed by atoms with E-state index in [0.29, 0.717) is 12.6 Å². The average molecular weight is 222 g/mol. The number of rotatable bonds is 4. The zero-order chi connectivity index (χ0) is 11.4. The second kappa shape index (κ2) is 5.43. The standard InChI is InChI=1S/C12H22N4/c1-2-10-5-3-4-6-12(10)16-9-11(7-8-13)14-15-16/h9-10,12H,2-8,13H2,1H3. The molecule has 0 spiro atoms. The van der Waals surface area contributed by atoms with E-state index < -0.39 is 0 Å². The van der Waals surface area contributed by atoms with E-state index in [-0.39, 0.29) is 0 Å². The van der Waals surface area contributed by atoms with Crippen LogP contribution in [0.1, 0.15) is 50.8 Å². The third-order valence-corrected chi connectivity index (χ3v) is 3.69. The molecule has 1 saturated carbocycles. The molecule has 1 aliphatic carbocycles. The highest BCUT2D eigenvalue weighted by molar-refractivity contribution is 4.95. The van der Waals surface area contributed by atoms with Gasteiger partial charge in [-0.1, -0.05) is 31.4 Å². The Hall–Kier alpha value is -0.900. The highest BCUT2D eigenvalue weighted by Gasteiger charge is 2.25. The van der Waals surface area contributed by atoms with Crippen molar-refractivity contribution in [2.75, 3.05) is 6.54 Å². The Morgan fingerprint density at radius 2 is 2.25 bits per heavy atom. The molecule has 0 amide bonds. The summed E-state index contributed by atoms with van der Waals surface area (Å²) in [4.78, 5) is 0. The van der Waals surface area contributed by atoms with E-state index in [1.807, 2.05) is 0 Å². The van der Waals surface area contributed by atoms with Gasteiger partial charge in [0, 0.05) is 12.6 Å². The van der Waals surface area contributed by atoms with Gasteiger partial charge < -0.3 is 5.73 Å². The van der Waals surface area contributed by atoms with Crippen LogP contribution in [0.4, 0.5) is 0 Å². The molecule has 2 atom stereocenters. The van der Waals surface area contributed by atoms with Crippen molar-refractivity contribution >= 4 is 0 Å². The van der Waals surface area contributed by atoms with Gasteiger partial charge in [0.25, 0.3) is 0 Å². The van der Waals surface area contributed by atoms with Gasteiger partial charge in [0.2, 0.25) is 0 Å². The molecule has 0 aromatic carbocycles. The summed E-state index contributed by atoms with van der Waals surface area (Å²) in [5.41, 5.74) is 6.56. The van der Waals surface area contributed by atoms with Crippen LogP contribution in [-0.2, 0) is 6.42 Å². The molecular weight excluding hydrogens is 200 g/mol. The van der Waals surface area contributed by atoms with E-state index in [9.17, 15) is 0 Å². The Balaban J connectivity index is 2.08. The van der Waals surface area contributed by atoms with Crippen LogP contribution in [0, 0.1) is 5.92 Å². The van der Waals surface area contributed by atoms with Crippen molar-refractivity contribution in [3.8, 4) is 0 Å². The second-order valence-corrected chi connectivity index (χ2v) is 4.75. The smallest absolute Gasteiger partial charge is 0.0839 e. The van der Waals surface area contributed by atoms with E-state index in [2.05, 4.69) is 28.1 Å². The van der Waals surface area contributed by atoms with Gasteiger partial charge >= 0.3 is 0 Å². The van der Waals surface area contributed by atoms with Crippen LogP contribution in [0.2, 0.25) is 0 Å². The fourth-order valence-corrected chi connectivity index (χ4v) is 2.75. The molecule has 2 rings (SSSR count). The van der Waals surface area contributed by atoms with Crippen LogP contribution >= 0.6 is 0 Å². The van der Waals surface area contributed by atoms with Crippen LogP contribution in [-0.4, -0.2) is 21.5 Å². The van der Waals surface area contributed by atoms with E-state index in [0.717, 1.165) is 18.0 Å². The summed E-state index contributed by atoms with van der Waals surface area (Å²) in [6, 6.07) is 0.567. The quantitative estimate of drug-likeness (QED) is 0.846. The molecule has 2 N–H and O–H groups in total. The predicted molar refractivity (Wildman–Crippen MR) is 64.1 cm³/mol. The van der Waals surface area contributed by atoms with Gasteiger partial charge in [-0.3, -0.25) is 0 Å². The van der Waals surface area contributed by atoms with Crippen molar-refractivity contribution in [3.05, 3.63) is 11.9 Å². The molecule has 1 aromatic rings. The molecule has 90 valence electrons. The lowest BCUT2D eigenvalue weighted by molar-refractivity contribution is 0.214. The Morgan fingerprint density at radius 3 is 3.00 bits per heavy atom. The summed E-state index contributed by atoms with van der Waals surface area (Å²) >= 11 is 0. The molecule has 2 unspecified atom stereocenters. The maximum Gasteiger partial charge on any atom is 0.0839 e. The summed E-state index contributed by atoms with van der Waals surface area (Å²) in [5.74, 6) is 0.779. The minimum atomic E-state index is 0.567. The lowest BCUT2D eigenvalue weighted by Crippen LogP contribution is -2.23. The number of aromatic nitrogens is 3. The van der Waals surface area contributed by atoms with E-state index in [4.69, 9.17) is 5.73 Å². The minimum absolute atomic E-state index is 0.567. The summed E-state index contributed by atoms with van der Waals surface area (Å²) in [6.45, 7) is 2.93. The van der Waals surface area contributed by atoms with Gasteiger partial charge in [0.1, 0.15) is 0 Å². The molecule has 0 saturated heterocycles. The number of nitrogens with two attached hydrogens (primary N) is 1. The zero-order valence-electron chi connectivity index (χ0n) is 10.1. The monoisotopic (exact) mass is 222 g/mol. The van der Waals surface area contributed by atoms with E-state index >= 15 is 0 Å². The van der Waals surface area contributed by atoms with Gasteiger partial charge in [-0.25, -0.2) is 4.68 Å². The highest BCUT2D eigenvalue weighted by Crippen LogP contribution is 2.35. The van der Waals surface area contributed by atoms with Crippen molar-refractivity contribution in [1.82, 2.24) is 15.0 Å². The van der Waals surface area contributed by atoms with Crippen molar-refractivity contribution < 1.29 is 0 Å². The molecule has 0 radical (unpaired) electrons. The molecule has 1 aliphatic rings. The first-order valence-electron chi connectivity index (χ1n) is 6.46. The maximum absolute atomic E-state index is 5.52. The van der Waals surface area contributed by atoms with Crippen molar-refractivity contribution in [2.45, 2.75) is 51.5 Å². The summed E-state index contributed by atoms with van der Waals surface area (Å²) in [5, 5.41) is 8.45. The van der Waals surface area contributed by atoms with E-state index in [1.165, 1.54) is 32.1 Å². The lowest BCUT2D eigenvalue weighted by Gasteiger charge is -2.30. The second-order valence-electron chi connectivity index (χ2n) is 4.75. The fraction of sp³-hybridized carbons (Fsp3) is 0.833. The number of hydrogen-bond donors (Lipinski definition) is 1. The molecule has 4 heteroatoms. The van der Waals surface area contributed by atoms with Crippen LogP contribution < -0.4 is 5.73 Å². The maximum atomic E-state index is 5.52. The van der Waals surface area contributed by atoms with Crippen LogP contribution in [0.3, 0.4) is 0 Å². The zero-order valence-corrected chi connectivity index (χ0v) is 10.1. The molecule has 1 heterocycles. The Kier molecular flexibility index (Phi) is 3.93. The van der Waals surface area contributed by atoms with E-state index in [1.54, 1.807) is 0 Å². The van der Waals surface area contributed by atoms with Gasteiger partial charge in [-0.05, 0) is 25.3 Å². The Bertz CT molecular complexity index is 321. The van der Waals surface area contributed by atoms with Crippen LogP contribution in [0.5, 0.6) is 0 Å².